The van der Waals surface area contributed by atoms with E-state index in [1.165, 1.54) is 30.3 Å². The van der Waals surface area contributed by atoms with E-state index in [2.05, 4.69) is 6.58 Å². The van der Waals surface area contributed by atoms with Crippen molar-refractivity contribution in [3.63, 3.8) is 0 Å². The zero-order valence-corrected chi connectivity index (χ0v) is 19.7. The van der Waals surface area contributed by atoms with Crippen LogP contribution < -0.4 is 0 Å². The largest absolute Gasteiger partial charge is 0.376 e. The lowest BCUT2D eigenvalue weighted by molar-refractivity contribution is -0.00319. The van der Waals surface area contributed by atoms with E-state index in [4.69, 9.17) is 17.8 Å². The van der Waals surface area contributed by atoms with Crippen LogP contribution in [0, 0.1) is 13.8 Å². The Morgan fingerprint density at radius 3 is 1.81 bits per heavy atom. The van der Waals surface area contributed by atoms with E-state index in [1.54, 1.807) is 24.3 Å². The molecule has 1 unspecified atom stereocenters. The summed E-state index contributed by atoms with van der Waals surface area (Å²) in [6, 6.07) is 12.5. The molecule has 0 aliphatic carbocycles. The molecule has 0 amide bonds. The summed E-state index contributed by atoms with van der Waals surface area (Å²) in [6.07, 6.45) is 0.589. The fourth-order valence-electron chi connectivity index (χ4n) is 2.52. The summed E-state index contributed by atoms with van der Waals surface area (Å²) < 4.78 is 70.3. The van der Waals surface area contributed by atoms with E-state index in [-0.39, 0.29) is 42.8 Å². The SMILES string of the molecule is C=CCOCC(COCCOS(=O)(=O)c1ccc(C)cc1)OS(=O)(=O)c1ccc(C)cc1. The molecule has 0 aliphatic rings. The van der Waals surface area contributed by atoms with Gasteiger partial charge >= 0.3 is 0 Å². The zero-order valence-electron chi connectivity index (χ0n) is 18.1. The minimum Gasteiger partial charge on any atom is -0.376 e. The quantitative estimate of drug-likeness (QED) is 0.229. The van der Waals surface area contributed by atoms with Gasteiger partial charge in [0.1, 0.15) is 6.10 Å². The molecule has 0 heterocycles. The zero-order chi connectivity index (χ0) is 23.6. The van der Waals surface area contributed by atoms with E-state index in [0.29, 0.717) is 0 Å². The monoisotopic (exact) mass is 484 g/mol. The second-order valence-electron chi connectivity index (χ2n) is 6.98. The molecule has 0 bridgehead atoms. The summed E-state index contributed by atoms with van der Waals surface area (Å²) in [6.45, 7) is 6.92. The summed E-state index contributed by atoms with van der Waals surface area (Å²) in [4.78, 5) is 0.0654. The summed E-state index contributed by atoms with van der Waals surface area (Å²) >= 11 is 0. The van der Waals surface area contributed by atoms with Gasteiger partial charge < -0.3 is 9.47 Å². The molecule has 0 N–H and O–H groups in total. The van der Waals surface area contributed by atoms with Gasteiger partial charge in [0.05, 0.1) is 42.8 Å². The second kappa shape index (κ2) is 12.2. The van der Waals surface area contributed by atoms with E-state index in [9.17, 15) is 16.8 Å². The molecule has 10 heteroatoms. The Kier molecular flexibility index (Phi) is 10.0. The van der Waals surface area contributed by atoms with Crippen LogP contribution in [0.4, 0.5) is 0 Å². The number of rotatable bonds is 14. The topological polar surface area (TPSA) is 105 Å². The molecule has 0 fully saturated rings. The van der Waals surface area contributed by atoms with E-state index >= 15 is 0 Å². The number of aryl methyl sites for hydroxylation is 2. The van der Waals surface area contributed by atoms with Crippen LogP contribution in [0.25, 0.3) is 0 Å². The summed E-state index contributed by atoms with van der Waals surface area (Å²) in [5.74, 6) is 0. The maximum Gasteiger partial charge on any atom is 0.297 e. The number of benzene rings is 2. The van der Waals surface area contributed by atoms with Crippen molar-refractivity contribution in [2.75, 3.05) is 33.0 Å². The molecule has 0 saturated heterocycles. The van der Waals surface area contributed by atoms with Gasteiger partial charge in [-0.3, -0.25) is 8.37 Å². The lowest BCUT2D eigenvalue weighted by Crippen LogP contribution is -2.29. The summed E-state index contributed by atoms with van der Waals surface area (Å²) in [5.41, 5.74) is 1.84. The lowest BCUT2D eigenvalue weighted by Gasteiger charge is -2.18. The summed E-state index contributed by atoms with van der Waals surface area (Å²) in [7, 11) is -7.94. The van der Waals surface area contributed by atoms with Crippen molar-refractivity contribution < 1.29 is 34.7 Å². The molecule has 2 aromatic carbocycles. The van der Waals surface area contributed by atoms with Crippen molar-refractivity contribution in [3.8, 4) is 0 Å². The fraction of sp³-hybridized carbons (Fsp3) is 0.364. The Morgan fingerprint density at radius 1 is 0.781 bits per heavy atom. The molecule has 1 atom stereocenters. The van der Waals surface area contributed by atoms with E-state index in [1.807, 2.05) is 13.8 Å². The highest BCUT2D eigenvalue weighted by molar-refractivity contribution is 7.87. The molecule has 176 valence electrons. The Bertz CT molecular complexity index is 1060. The van der Waals surface area contributed by atoms with Gasteiger partial charge in [0.2, 0.25) is 0 Å². The van der Waals surface area contributed by atoms with Crippen molar-refractivity contribution in [1.82, 2.24) is 0 Å². The van der Waals surface area contributed by atoms with Crippen molar-refractivity contribution >= 4 is 20.2 Å². The normalized spacial score (nSPS) is 13.1. The van der Waals surface area contributed by atoms with Crippen LogP contribution in [0.1, 0.15) is 11.1 Å². The van der Waals surface area contributed by atoms with Crippen LogP contribution in [-0.4, -0.2) is 56.0 Å². The van der Waals surface area contributed by atoms with E-state index < -0.39 is 26.3 Å². The highest BCUT2D eigenvalue weighted by atomic mass is 32.2. The minimum atomic E-state index is -4.03. The highest BCUT2D eigenvalue weighted by Gasteiger charge is 2.23. The van der Waals surface area contributed by atoms with Gasteiger partial charge in [-0.25, -0.2) is 0 Å². The molecule has 0 aliphatic heterocycles. The molecule has 2 rings (SSSR count). The second-order valence-corrected chi connectivity index (χ2v) is 10.2. The van der Waals surface area contributed by atoms with E-state index in [0.717, 1.165) is 11.1 Å². The minimum absolute atomic E-state index is 0.0179. The van der Waals surface area contributed by atoms with Gasteiger partial charge in [0, 0.05) is 0 Å². The van der Waals surface area contributed by atoms with Crippen molar-refractivity contribution in [1.29, 1.82) is 0 Å². The van der Waals surface area contributed by atoms with Gasteiger partial charge in [-0.05, 0) is 38.1 Å². The Balaban J connectivity index is 1.89. The first-order valence-corrected chi connectivity index (χ1v) is 12.7. The molecular weight excluding hydrogens is 456 g/mol. The first-order valence-electron chi connectivity index (χ1n) is 9.86. The maximum absolute atomic E-state index is 12.5. The lowest BCUT2D eigenvalue weighted by atomic mass is 10.2. The average molecular weight is 485 g/mol. The first kappa shape index (κ1) is 26.2. The standard InChI is InChI=1S/C22H28O8S2/c1-4-13-27-16-20(30-32(25,26)22-11-7-19(3)8-12-22)17-28-14-15-29-31(23,24)21-9-5-18(2)6-10-21/h4-12,20H,1,13-17H2,2-3H3. The van der Waals surface area contributed by atoms with Gasteiger partial charge in [0.15, 0.2) is 0 Å². The molecule has 8 nitrogen and oxygen atoms in total. The average Bonchev–Trinajstić information content (AvgIpc) is 2.74. The Hall–Kier alpha value is -2.08. The van der Waals surface area contributed by atoms with Gasteiger partial charge in [-0.2, -0.15) is 16.8 Å². The van der Waals surface area contributed by atoms with Crippen LogP contribution in [0.5, 0.6) is 0 Å². The Morgan fingerprint density at radius 2 is 1.28 bits per heavy atom. The maximum atomic E-state index is 12.5. The number of hydrogen-bond acceptors (Lipinski definition) is 8. The van der Waals surface area contributed by atoms with Crippen LogP contribution >= 0.6 is 0 Å². The van der Waals surface area contributed by atoms with Crippen LogP contribution in [0.2, 0.25) is 0 Å². The molecule has 0 radical (unpaired) electrons. The van der Waals surface area contributed by atoms with Gasteiger partial charge in [0.25, 0.3) is 20.2 Å². The molecule has 0 spiro atoms. The predicted molar refractivity (Wildman–Crippen MR) is 119 cm³/mol. The number of ether oxygens (including phenoxy) is 2. The third-order valence-corrected chi connectivity index (χ3v) is 6.89. The first-order chi connectivity index (χ1) is 15.1. The van der Waals surface area contributed by atoms with Crippen LogP contribution in [0.3, 0.4) is 0 Å². The third kappa shape index (κ3) is 8.45. The number of hydrogen-bond donors (Lipinski definition) is 0. The highest BCUT2D eigenvalue weighted by Crippen LogP contribution is 2.16. The predicted octanol–water partition coefficient (Wildman–Crippen LogP) is 3.00. The summed E-state index contributed by atoms with van der Waals surface area (Å²) in [5, 5.41) is 0. The Labute approximate surface area is 190 Å². The molecular formula is C22H28O8S2. The van der Waals surface area contributed by atoms with Crippen molar-refractivity contribution in [2.45, 2.75) is 29.7 Å². The van der Waals surface area contributed by atoms with Crippen LogP contribution in [0.15, 0.2) is 71.0 Å². The van der Waals surface area contributed by atoms with Crippen LogP contribution in [-0.2, 0) is 38.1 Å². The third-order valence-electron chi connectivity index (χ3n) is 4.19. The van der Waals surface area contributed by atoms with Crippen molar-refractivity contribution in [3.05, 3.63) is 72.3 Å². The fourth-order valence-corrected chi connectivity index (χ4v) is 4.46. The van der Waals surface area contributed by atoms with Crippen molar-refractivity contribution in [2.24, 2.45) is 0 Å². The molecule has 0 saturated carbocycles. The molecule has 2 aromatic rings. The van der Waals surface area contributed by atoms with Gasteiger partial charge in [-0.1, -0.05) is 41.5 Å². The molecule has 32 heavy (non-hydrogen) atoms. The van der Waals surface area contributed by atoms with Gasteiger partial charge in [-0.15, -0.1) is 6.58 Å². The smallest absolute Gasteiger partial charge is 0.297 e. The molecule has 0 aromatic heterocycles.